The lowest BCUT2D eigenvalue weighted by molar-refractivity contribution is -0.192. The van der Waals surface area contributed by atoms with Crippen LogP contribution < -0.4 is 5.32 Å². The number of carboxylic acids is 1. The monoisotopic (exact) mass is 412 g/mol. The fourth-order valence-electron chi connectivity index (χ4n) is 2.90. The largest absolute Gasteiger partial charge is 0.477 e. The quantitative estimate of drug-likeness (QED) is 0.257. The molecule has 2 amide bonds. The molecule has 2 atom stereocenters. The van der Waals surface area contributed by atoms with Gasteiger partial charge in [-0.3, -0.25) is 19.3 Å². The summed E-state index contributed by atoms with van der Waals surface area (Å²) in [6.07, 6.45) is -0.220. The van der Waals surface area contributed by atoms with E-state index in [-0.39, 0.29) is 35.9 Å². The molecule has 0 aliphatic carbocycles. The number of β-lactam (4-membered cyclic amide) rings is 1. The third kappa shape index (κ3) is 3.31. The molecule has 3 N–H and O–H groups in total. The lowest BCUT2D eigenvalue weighted by Gasteiger charge is -2.55. The molecule has 14 heteroatoms. The van der Waals surface area contributed by atoms with Crippen molar-refractivity contribution in [2.24, 2.45) is 0 Å². The minimum absolute atomic E-state index is 0.177. The van der Waals surface area contributed by atoms with Crippen LogP contribution in [-0.4, -0.2) is 85.0 Å². The Balaban J connectivity index is 1.81. The second-order valence-corrected chi connectivity index (χ2v) is 6.96. The van der Waals surface area contributed by atoms with E-state index in [1.165, 1.54) is 25.8 Å². The maximum Gasteiger partial charge on any atom is 0.352 e. The maximum absolute atomic E-state index is 12.8. The SMILES string of the molecule is CO[C@@]1(NC(=O)Cc2nnn[nH]2)C(=O)N2C(C(=O)O)=C(COC(C)=O)CS[C@@H]21. The smallest absolute Gasteiger partial charge is 0.352 e. The van der Waals surface area contributed by atoms with Gasteiger partial charge in [0, 0.05) is 25.4 Å². The Morgan fingerprint density at radius 3 is 2.79 bits per heavy atom. The second-order valence-electron chi connectivity index (χ2n) is 5.89. The summed E-state index contributed by atoms with van der Waals surface area (Å²) in [7, 11) is 1.24. The first-order chi connectivity index (χ1) is 13.3. The van der Waals surface area contributed by atoms with Crippen LogP contribution in [0.3, 0.4) is 0 Å². The molecular formula is C14H16N6O7S. The van der Waals surface area contributed by atoms with E-state index in [4.69, 9.17) is 9.47 Å². The number of nitrogens with one attached hydrogen (secondary N) is 2. The van der Waals surface area contributed by atoms with Crippen LogP contribution in [0.15, 0.2) is 11.3 Å². The van der Waals surface area contributed by atoms with Gasteiger partial charge in [-0.15, -0.1) is 16.9 Å². The molecule has 0 aromatic carbocycles. The van der Waals surface area contributed by atoms with Gasteiger partial charge < -0.3 is 19.9 Å². The van der Waals surface area contributed by atoms with Crippen LogP contribution >= 0.6 is 11.8 Å². The number of rotatable bonds is 7. The fourth-order valence-corrected chi connectivity index (χ4v) is 4.32. The molecule has 0 radical (unpaired) electrons. The van der Waals surface area contributed by atoms with E-state index in [0.717, 1.165) is 4.90 Å². The Kier molecular flexibility index (Phi) is 5.33. The zero-order valence-corrected chi connectivity index (χ0v) is 15.6. The first-order valence-corrected chi connectivity index (χ1v) is 8.97. The van der Waals surface area contributed by atoms with Crippen LogP contribution in [0, 0.1) is 0 Å². The number of carboxylic acid groups (broad SMARTS) is 1. The predicted molar refractivity (Wildman–Crippen MR) is 90.2 cm³/mol. The van der Waals surface area contributed by atoms with E-state index in [1.54, 1.807) is 0 Å². The number of fused-ring (bicyclic) bond motifs is 1. The van der Waals surface area contributed by atoms with Gasteiger partial charge in [0.15, 0.2) is 5.82 Å². The Morgan fingerprint density at radius 1 is 1.46 bits per heavy atom. The minimum atomic E-state index is -1.72. The Morgan fingerprint density at radius 2 is 2.21 bits per heavy atom. The van der Waals surface area contributed by atoms with Gasteiger partial charge in [0.1, 0.15) is 17.7 Å². The highest BCUT2D eigenvalue weighted by molar-refractivity contribution is 8.00. The lowest BCUT2D eigenvalue weighted by atomic mass is 9.98. The summed E-state index contributed by atoms with van der Waals surface area (Å²) in [5.74, 6) is -2.87. The molecule has 1 saturated heterocycles. The average Bonchev–Trinajstić information content (AvgIpc) is 3.15. The molecule has 1 aromatic heterocycles. The molecule has 0 saturated carbocycles. The normalized spacial score (nSPS) is 23.7. The van der Waals surface area contributed by atoms with Gasteiger partial charge in [-0.1, -0.05) is 0 Å². The Hall–Kier alpha value is -3.00. The van der Waals surface area contributed by atoms with Crippen LogP contribution in [-0.2, 0) is 35.1 Å². The van der Waals surface area contributed by atoms with E-state index in [1.807, 2.05) is 0 Å². The van der Waals surface area contributed by atoms with Crippen LogP contribution in [0.5, 0.6) is 0 Å². The minimum Gasteiger partial charge on any atom is -0.477 e. The molecular weight excluding hydrogens is 396 g/mol. The number of nitrogens with zero attached hydrogens (tertiary/aromatic N) is 4. The number of thioether (sulfide) groups is 1. The van der Waals surface area contributed by atoms with Crippen molar-refractivity contribution in [3.8, 4) is 0 Å². The number of hydrogen-bond acceptors (Lipinski definition) is 10. The number of methoxy groups -OCH3 is 1. The van der Waals surface area contributed by atoms with Gasteiger partial charge in [-0.25, -0.2) is 9.89 Å². The van der Waals surface area contributed by atoms with Crippen molar-refractivity contribution < 1.29 is 33.8 Å². The molecule has 3 rings (SSSR count). The van der Waals surface area contributed by atoms with E-state index < -0.39 is 34.9 Å². The van der Waals surface area contributed by atoms with E-state index in [0.29, 0.717) is 0 Å². The van der Waals surface area contributed by atoms with Crippen molar-refractivity contribution in [2.45, 2.75) is 24.4 Å². The van der Waals surface area contributed by atoms with Crippen molar-refractivity contribution >= 4 is 35.5 Å². The lowest BCUT2D eigenvalue weighted by Crippen LogP contribution is -2.80. The summed E-state index contributed by atoms with van der Waals surface area (Å²) in [4.78, 5) is 48.9. The van der Waals surface area contributed by atoms with Gasteiger partial charge >= 0.3 is 11.9 Å². The highest BCUT2D eigenvalue weighted by atomic mass is 32.2. The number of carbonyl (C=O) groups is 4. The number of amides is 2. The van der Waals surface area contributed by atoms with Crippen LogP contribution in [0.4, 0.5) is 0 Å². The number of tetrazole rings is 1. The van der Waals surface area contributed by atoms with Gasteiger partial charge in [0.05, 0.1) is 6.42 Å². The van der Waals surface area contributed by atoms with Crippen molar-refractivity contribution in [1.82, 2.24) is 30.8 Å². The molecule has 1 fully saturated rings. The van der Waals surface area contributed by atoms with E-state index in [2.05, 4.69) is 25.9 Å². The van der Waals surface area contributed by atoms with Gasteiger partial charge in [0.2, 0.25) is 5.91 Å². The highest BCUT2D eigenvalue weighted by Gasteiger charge is 2.66. The first-order valence-electron chi connectivity index (χ1n) is 7.93. The summed E-state index contributed by atoms with van der Waals surface area (Å²) in [5, 5.41) is 24.0. The summed E-state index contributed by atoms with van der Waals surface area (Å²) >= 11 is 1.18. The van der Waals surface area contributed by atoms with Gasteiger partial charge in [-0.05, 0) is 10.4 Å². The molecule has 1 aromatic rings. The van der Waals surface area contributed by atoms with Crippen LogP contribution in [0.1, 0.15) is 12.7 Å². The molecule has 0 unspecified atom stereocenters. The van der Waals surface area contributed by atoms with Crippen molar-refractivity contribution in [3.63, 3.8) is 0 Å². The molecule has 2 aliphatic rings. The fraction of sp³-hybridized carbons (Fsp3) is 0.500. The number of carbonyl (C=O) groups excluding carboxylic acids is 3. The predicted octanol–water partition coefficient (Wildman–Crippen LogP) is -1.98. The summed E-state index contributed by atoms with van der Waals surface area (Å²) in [6.45, 7) is 0.954. The zero-order valence-electron chi connectivity index (χ0n) is 14.8. The van der Waals surface area contributed by atoms with Crippen LogP contribution in [0.25, 0.3) is 0 Å². The third-order valence-corrected chi connectivity index (χ3v) is 5.50. The number of aromatic nitrogens is 4. The Labute approximate surface area is 161 Å². The number of H-pyrrole nitrogens is 1. The number of hydrogen-bond donors (Lipinski definition) is 3. The number of esters is 1. The molecule has 28 heavy (non-hydrogen) atoms. The van der Waals surface area contributed by atoms with Gasteiger partial charge in [-0.2, -0.15) is 0 Å². The molecule has 13 nitrogen and oxygen atoms in total. The standard InChI is InChI=1S/C14H16N6O7S/c1-6(21)27-4-7-5-28-13-14(26-2,12(25)20(13)10(7)11(23)24)15-9(22)3-8-16-18-19-17-8/h13H,3-5H2,1-2H3,(H,15,22)(H,23,24)(H,16,17,18,19)/t13-,14+/m1/s1. The zero-order chi connectivity index (χ0) is 20.5. The number of ether oxygens (including phenoxy) is 2. The van der Waals surface area contributed by atoms with E-state index >= 15 is 0 Å². The average molecular weight is 412 g/mol. The molecule has 0 spiro atoms. The molecule has 3 heterocycles. The topological polar surface area (TPSA) is 177 Å². The molecule has 2 aliphatic heterocycles. The summed E-state index contributed by atoms with van der Waals surface area (Å²) < 4.78 is 10.2. The third-order valence-electron chi connectivity index (χ3n) is 4.13. The molecule has 0 bridgehead atoms. The highest BCUT2D eigenvalue weighted by Crippen LogP contribution is 2.46. The summed E-state index contributed by atoms with van der Waals surface area (Å²) in [5.41, 5.74) is -1.72. The Bertz CT molecular complexity index is 856. The number of aromatic amines is 1. The second kappa shape index (κ2) is 7.55. The van der Waals surface area contributed by atoms with E-state index in [9.17, 15) is 24.3 Å². The van der Waals surface area contributed by atoms with Crippen molar-refractivity contribution in [2.75, 3.05) is 19.5 Å². The van der Waals surface area contributed by atoms with Gasteiger partial charge in [0.25, 0.3) is 11.6 Å². The van der Waals surface area contributed by atoms with Crippen LogP contribution in [0.2, 0.25) is 0 Å². The maximum atomic E-state index is 12.8. The first kappa shape index (κ1) is 19.8. The van der Waals surface area contributed by atoms with Crippen molar-refractivity contribution in [1.29, 1.82) is 0 Å². The number of aliphatic carboxylic acids is 1. The van der Waals surface area contributed by atoms with Crippen molar-refractivity contribution in [3.05, 3.63) is 17.1 Å². The molecule has 150 valence electrons. The summed E-state index contributed by atoms with van der Waals surface area (Å²) in [6, 6.07) is 0.